The number of hydrogen-bond donors (Lipinski definition) is 2. The first-order chi connectivity index (χ1) is 13.0. The zero-order valence-electron chi connectivity index (χ0n) is 13.5. The molecule has 148 valence electrons. The summed E-state index contributed by atoms with van der Waals surface area (Å²) >= 11 is 0. The summed E-state index contributed by atoms with van der Waals surface area (Å²) in [6.45, 7) is 0. The summed E-state index contributed by atoms with van der Waals surface area (Å²) in [6, 6.07) is 6.69. The van der Waals surface area contributed by atoms with Crippen LogP contribution in [0.25, 0.3) is 11.3 Å². The highest BCUT2D eigenvalue weighted by atomic mass is 32.2. The van der Waals surface area contributed by atoms with Gasteiger partial charge in [-0.05, 0) is 30.3 Å². The number of oxazole rings is 1. The van der Waals surface area contributed by atoms with E-state index in [9.17, 15) is 35.5 Å². The Bertz CT molecular complexity index is 1140. The number of nitrogens with one attached hydrogen (secondary N) is 1. The highest BCUT2D eigenvalue weighted by Gasteiger charge is 2.39. The van der Waals surface area contributed by atoms with Crippen molar-refractivity contribution in [2.75, 3.05) is 4.72 Å². The summed E-state index contributed by atoms with van der Waals surface area (Å²) in [5, 5.41) is 9.68. The number of benzene rings is 2. The highest BCUT2D eigenvalue weighted by molar-refractivity contribution is 7.92. The molecule has 12 heteroatoms. The Balaban J connectivity index is 2.13. The zero-order valence-corrected chi connectivity index (χ0v) is 14.3. The molecular weight excluding hydrogens is 411 g/mol. The van der Waals surface area contributed by atoms with Crippen LogP contribution in [0.2, 0.25) is 0 Å². The molecule has 0 spiro atoms. The molecule has 28 heavy (non-hydrogen) atoms. The van der Waals surface area contributed by atoms with Crippen LogP contribution >= 0.6 is 0 Å². The minimum Gasteiger partial charge on any atom is -0.507 e. The molecular formula is C16H9F5N2O4S. The highest BCUT2D eigenvalue weighted by Crippen LogP contribution is 2.38. The first kappa shape index (κ1) is 19.6. The normalized spacial score (nSPS) is 12.2. The molecule has 0 unspecified atom stereocenters. The number of phenols is 1. The van der Waals surface area contributed by atoms with Crippen molar-refractivity contribution in [3.05, 3.63) is 60.0 Å². The maximum Gasteiger partial charge on any atom is 0.469 e. The van der Waals surface area contributed by atoms with Gasteiger partial charge in [0.15, 0.2) is 23.2 Å². The molecule has 1 aromatic heterocycles. The van der Waals surface area contributed by atoms with Crippen LogP contribution in [0.1, 0.15) is 5.89 Å². The number of nitrogens with zero attached hydrogens (tertiary/aromatic N) is 1. The molecule has 2 aromatic carbocycles. The van der Waals surface area contributed by atoms with Gasteiger partial charge in [-0.1, -0.05) is 12.1 Å². The number of rotatable bonds is 4. The lowest BCUT2D eigenvalue weighted by Gasteiger charge is -2.08. The van der Waals surface area contributed by atoms with Crippen molar-refractivity contribution in [3.8, 4) is 17.1 Å². The number of alkyl halides is 3. The van der Waals surface area contributed by atoms with Gasteiger partial charge in [-0.15, -0.1) is 0 Å². The molecule has 0 saturated carbocycles. The van der Waals surface area contributed by atoms with Crippen LogP contribution in [0.15, 0.2) is 51.8 Å². The minimum atomic E-state index is -5.08. The van der Waals surface area contributed by atoms with E-state index in [1.54, 1.807) is 4.72 Å². The molecule has 0 aliphatic rings. The predicted molar refractivity (Wildman–Crippen MR) is 85.8 cm³/mol. The van der Waals surface area contributed by atoms with E-state index in [0.717, 1.165) is 18.2 Å². The van der Waals surface area contributed by atoms with Gasteiger partial charge < -0.3 is 9.52 Å². The van der Waals surface area contributed by atoms with Crippen LogP contribution < -0.4 is 4.72 Å². The number of para-hydroxylation sites is 1. The summed E-state index contributed by atoms with van der Waals surface area (Å²) in [6.07, 6.45) is -5.08. The average Bonchev–Trinajstić information content (AvgIpc) is 3.01. The van der Waals surface area contributed by atoms with Gasteiger partial charge in [-0.2, -0.15) is 18.2 Å². The number of anilines is 1. The third-order valence-electron chi connectivity index (χ3n) is 3.44. The third-order valence-corrected chi connectivity index (χ3v) is 4.82. The van der Waals surface area contributed by atoms with E-state index in [2.05, 4.69) is 9.40 Å². The largest absolute Gasteiger partial charge is 0.507 e. The molecule has 0 radical (unpaired) electrons. The molecule has 2 N–H and O–H groups in total. The fourth-order valence-electron chi connectivity index (χ4n) is 2.21. The molecule has 0 amide bonds. The Morgan fingerprint density at radius 3 is 2.32 bits per heavy atom. The monoisotopic (exact) mass is 420 g/mol. The SMILES string of the molecule is O=S(=O)(Nc1nc(C(F)(F)F)oc1-c1ccc(F)c(F)c1)c1ccccc1O. The van der Waals surface area contributed by atoms with Gasteiger partial charge >= 0.3 is 12.1 Å². The Morgan fingerprint density at radius 1 is 1.04 bits per heavy atom. The van der Waals surface area contributed by atoms with Crippen molar-refractivity contribution in [3.63, 3.8) is 0 Å². The van der Waals surface area contributed by atoms with Crippen molar-refractivity contribution in [1.82, 2.24) is 4.98 Å². The van der Waals surface area contributed by atoms with Gasteiger partial charge in [0.25, 0.3) is 10.0 Å². The Kier molecular flexibility index (Phi) is 4.75. The molecule has 0 atom stereocenters. The lowest BCUT2D eigenvalue weighted by Crippen LogP contribution is -2.14. The van der Waals surface area contributed by atoms with Crippen LogP contribution in [0.3, 0.4) is 0 Å². The summed E-state index contributed by atoms with van der Waals surface area (Å²) in [4.78, 5) is 2.43. The number of phenolic OH excluding ortho intramolecular Hbond substituents is 1. The average molecular weight is 420 g/mol. The third kappa shape index (κ3) is 3.76. The number of sulfonamides is 1. The zero-order chi connectivity index (χ0) is 20.7. The second-order valence-corrected chi connectivity index (χ2v) is 7.05. The van der Waals surface area contributed by atoms with Gasteiger partial charge in [0.1, 0.15) is 10.6 Å². The summed E-state index contributed by atoms with van der Waals surface area (Å²) in [5.74, 6) is -6.83. The van der Waals surface area contributed by atoms with E-state index in [1.807, 2.05) is 0 Å². The summed E-state index contributed by atoms with van der Waals surface area (Å²) in [7, 11) is -4.58. The number of aromatic nitrogens is 1. The second-order valence-electron chi connectivity index (χ2n) is 5.40. The van der Waals surface area contributed by atoms with Gasteiger partial charge in [-0.3, -0.25) is 4.72 Å². The Morgan fingerprint density at radius 2 is 1.71 bits per heavy atom. The lowest BCUT2D eigenvalue weighted by molar-refractivity contribution is -0.156. The number of hydrogen-bond acceptors (Lipinski definition) is 5. The predicted octanol–water partition coefficient (Wildman–Crippen LogP) is 4.15. The first-order valence-electron chi connectivity index (χ1n) is 7.33. The molecule has 6 nitrogen and oxygen atoms in total. The van der Waals surface area contributed by atoms with Crippen LogP contribution in [0, 0.1) is 11.6 Å². The van der Waals surface area contributed by atoms with E-state index < -0.39 is 61.5 Å². The van der Waals surface area contributed by atoms with E-state index in [1.165, 1.54) is 12.1 Å². The molecule has 0 bridgehead atoms. The van der Waals surface area contributed by atoms with Crippen LogP contribution in [0.5, 0.6) is 5.75 Å². The van der Waals surface area contributed by atoms with E-state index >= 15 is 0 Å². The van der Waals surface area contributed by atoms with Gasteiger partial charge in [0, 0.05) is 5.56 Å². The van der Waals surface area contributed by atoms with Crippen molar-refractivity contribution < 1.29 is 39.9 Å². The molecule has 0 aliphatic carbocycles. The molecule has 3 aromatic rings. The maximum atomic E-state index is 13.5. The van der Waals surface area contributed by atoms with E-state index in [0.29, 0.717) is 12.1 Å². The van der Waals surface area contributed by atoms with Crippen LogP contribution in [-0.4, -0.2) is 18.5 Å². The summed E-state index contributed by atoms with van der Waals surface area (Å²) < 4.78 is 96.6. The standard InChI is InChI=1S/C16H9F5N2O4S/c17-9-6-5-8(7-10(9)18)13-14(22-15(27-13)16(19,20)21)23-28(25,26)12-4-2-1-3-11(12)24/h1-7,23-24H. The van der Waals surface area contributed by atoms with Crippen molar-refractivity contribution >= 4 is 15.8 Å². The summed E-state index contributed by atoms with van der Waals surface area (Å²) in [5.41, 5.74) is -0.392. The lowest BCUT2D eigenvalue weighted by atomic mass is 10.1. The van der Waals surface area contributed by atoms with Crippen molar-refractivity contribution in [2.24, 2.45) is 0 Å². The Labute approximate surface area is 154 Å². The van der Waals surface area contributed by atoms with Crippen LogP contribution in [-0.2, 0) is 16.2 Å². The number of halogens is 5. The fraction of sp³-hybridized carbons (Fsp3) is 0.0625. The van der Waals surface area contributed by atoms with Crippen molar-refractivity contribution in [1.29, 1.82) is 0 Å². The van der Waals surface area contributed by atoms with Crippen LogP contribution in [0.4, 0.5) is 27.8 Å². The smallest absolute Gasteiger partial charge is 0.469 e. The van der Waals surface area contributed by atoms with Gasteiger partial charge in [0.05, 0.1) is 0 Å². The molecule has 1 heterocycles. The second kappa shape index (κ2) is 6.78. The Hall–Kier alpha value is -3.15. The molecule has 0 aliphatic heterocycles. The van der Waals surface area contributed by atoms with E-state index in [4.69, 9.17) is 0 Å². The first-order valence-corrected chi connectivity index (χ1v) is 8.81. The minimum absolute atomic E-state index is 0.392. The van der Waals surface area contributed by atoms with E-state index in [-0.39, 0.29) is 0 Å². The number of aromatic hydroxyl groups is 1. The quantitative estimate of drug-likeness (QED) is 0.619. The topological polar surface area (TPSA) is 92.4 Å². The fourth-order valence-corrected chi connectivity index (χ4v) is 3.31. The molecule has 0 fully saturated rings. The van der Waals surface area contributed by atoms with Gasteiger partial charge in [-0.25, -0.2) is 17.2 Å². The molecule has 0 saturated heterocycles. The molecule has 3 rings (SSSR count). The van der Waals surface area contributed by atoms with Crippen molar-refractivity contribution in [2.45, 2.75) is 11.1 Å². The van der Waals surface area contributed by atoms with Gasteiger partial charge in [0.2, 0.25) is 0 Å². The maximum absolute atomic E-state index is 13.5.